The molecule has 0 spiro atoms. The molecule has 1 saturated heterocycles. The average Bonchev–Trinajstić information content (AvgIpc) is 2.58. The molecule has 2 heteroatoms. The summed E-state index contributed by atoms with van der Waals surface area (Å²) >= 11 is 0. The van der Waals surface area contributed by atoms with E-state index in [4.69, 9.17) is 0 Å². The first-order valence-corrected chi connectivity index (χ1v) is 8.22. The lowest BCUT2D eigenvalue weighted by atomic mass is 10.3. The molecule has 3 rings (SSSR count). The van der Waals surface area contributed by atoms with Crippen LogP contribution in [0.15, 0.2) is 36.5 Å². The fourth-order valence-corrected chi connectivity index (χ4v) is 5.56. The van der Waals surface area contributed by atoms with Crippen molar-refractivity contribution in [3.05, 3.63) is 36.5 Å². The van der Waals surface area contributed by atoms with Gasteiger partial charge in [0.25, 0.3) is 0 Å². The maximum atomic E-state index is 2.59. The van der Waals surface area contributed by atoms with Crippen LogP contribution in [0, 0.1) is 0 Å². The van der Waals surface area contributed by atoms with Gasteiger partial charge in [-0.2, -0.15) is 0 Å². The third kappa shape index (κ3) is 1.00. The molecule has 1 aromatic carbocycles. The molecule has 0 atom stereocenters. The van der Waals surface area contributed by atoms with Crippen molar-refractivity contribution in [2.75, 3.05) is 0 Å². The van der Waals surface area contributed by atoms with E-state index in [1.165, 1.54) is 29.4 Å². The Morgan fingerprint density at radius 2 is 1.93 bits per heavy atom. The van der Waals surface area contributed by atoms with E-state index >= 15 is 0 Å². The van der Waals surface area contributed by atoms with Crippen LogP contribution < -0.4 is 0 Å². The molecule has 1 aromatic heterocycles. The van der Waals surface area contributed by atoms with Crippen LogP contribution in [0.2, 0.25) is 18.6 Å². The molecule has 0 bridgehead atoms. The van der Waals surface area contributed by atoms with E-state index in [1.807, 2.05) is 0 Å². The van der Waals surface area contributed by atoms with Crippen molar-refractivity contribution in [1.82, 2.24) is 4.23 Å². The summed E-state index contributed by atoms with van der Waals surface area (Å²) in [4.78, 5) is 0. The Balaban J connectivity index is 2.22. The third-order valence-corrected chi connectivity index (χ3v) is 8.03. The van der Waals surface area contributed by atoms with E-state index < -0.39 is 8.24 Å². The lowest BCUT2D eigenvalue weighted by Gasteiger charge is -2.38. The Hall–Kier alpha value is -1.02. The van der Waals surface area contributed by atoms with Gasteiger partial charge in [-0.3, -0.25) is 0 Å². The largest absolute Gasteiger partial charge is 0.374 e. The van der Waals surface area contributed by atoms with Gasteiger partial charge < -0.3 is 4.23 Å². The summed E-state index contributed by atoms with van der Waals surface area (Å²) < 4.78 is 2.59. The molecule has 0 aliphatic carbocycles. The Morgan fingerprint density at radius 3 is 2.64 bits per heavy atom. The molecule has 1 aliphatic heterocycles. The number of aromatic nitrogens is 1. The number of para-hydroxylation sites is 1. The van der Waals surface area contributed by atoms with Gasteiger partial charge in [0.2, 0.25) is 0 Å². The average molecular weight is 201 g/mol. The molecule has 14 heavy (non-hydrogen) atoms. The quantitative estimate of drug-likeness (QED) is 0.623. The molecular formula is C12H15NSi. The number of fused-ring (bicyclic) bond motifs is 1. The number of hydrogen-bond donors (Lipinski definition) is 0. The molecule has 0 amide bonds. The minimum absolute atomic E-state index is 1.07. The van der Waals surface area contributed by atoms with Gasteiger partial charge in [-0.15, -0.1) is 0 Å². The van der Waals surface area contributed by atoms with Gasteiger partial charge in [0.1, 0.15) is 0 Å². The first-order valence-electron chi connectivity index (χ1n) is 5.36. The van der Waals surface area contributed by atoms with E-state index in [0.717, 1.165) is 0 Å². The van der Waals surface area contributed by atoms with Crippen molar-refractivity contribution in [3.8, 4) is 0 Å². The molecule has 0 saturated carbocycles. The summed E-state index contributed by atoms with van der Waals surface area (Å²) in [5, 5.41) is 1.40. The number of hydrogen-bond acceptors (Lipinski definition) is 0. The molecule has 1 aliphatic rings. The normalized spacial score (nSPS) is 19.5. The lowest BCUT2D eigenvalue weighted by Crippen LogP contribution is -2.45. The SMILES string of the molecule is C[Si]1(n2ccc3ccccc32)CCC1. The standard InChI is InChI=1S/C12H15NSi/c1-14(9-4-10-14)13-8-7-11-5-2-3-6-12(11)13/h2-3,5-8H,4,9-10H2,1H3. The highest BCUT2D eigenvalue weighted by atomic mass is 28.3. The molecule has 1 fully saturated rings. The molecule has 2 aromatic rings. The van der Waals surface area contributed by atoms with Crippen LogP contribution in [0.3, 0.4) is 0 Å². The van der Waals surface area contributed by atoms with Crippen molar-refractivity contribution < 1.29 is 0 Å². The Morgan fingerprint density at radius 1 is 1.14 bits per heavy atom. The van der Waals surface area contributed by atoms with Crippen LogP contribution >= 0.6 is 0 Å². The molecule has 72 valence electrons. The minimum atomic E-state index is -1.07. The second kappa shape index (κ2) is 2.73. The summed E-state index contributed by atoms with van der Waals surface area (Å²) in [6, 6.07) is 13.9. The predicted octanol–water partition coefficient (Wildman–Crippen LogP) is 3.47. The van der Waals surface area contributed by atoms with Crippen molar-refractivity contribution >= 4 is 19.1 Å². The highest BCUT2D eigenvalue weighted by Crippen LogP contribution is 2.35. The highest BCUT2D eigenvalue weighted by Gasteiger charge is 2.37. The van der Waals surface area contributed by atoms with Crippen LogP contribution in [0.1, 0.15) is 6.42 Å². The van der Waals surface area contributed by atoms with Gasteiger partial charge in [-0.25, -0.2) is 0 Å². The Kier molecular flexibility index (Phi) is 1.62. The van der Waals surface area contributed by atoms with Crippen LogP contribution in [0.25, 0.3) is 10.9 Å². The van der Waals surface area contributed by atoms with Crippen LogP contribution in [-0.4, -0.2) is 12.5 Å². The maximum absolute atomic E-state index is 2.59. The maximum Gasteiger partial charge on any atom is 0.158 e. The minimum Gasteiger partial charge on any atom is -0.374 e. The third-order valence-electron chi connectivity index (χ3n) is 3.61. The second-order valence-corrected chi connectivity index (χ2v) is 9.07. The fourth-order valence-electron chi connectivity index (χ4n) is 2.48. The molecule has 0 N–H and O–H groups in total. The van der Waals surface area contributed by atoms with E-state index in [1.54, 1.807) is 0 Å². The van der Waals surface area contributed by atoms with E-state index in [9.17, 15) is 0 Å². The zero-order chi connectivity index (χ0) is 9.60. The number of nitrogens with zero attached hydrogens (tertiary/aromatic N) is 1. The highest BCUT2D eigenvalue weighted by molar-refractivity contribution is 6.80. The lowest BCUT2D eigenvalue weighted by molar-refractivity contribution is 0.852. The van der Waals surface area contributed by atoms with Gasteiger partial charge >= 0.3 is 0 Å². The van der Waals surface area contributed by atoms with Crippen molar-refractivity contribution in [3.63, 3.8) is 0 Å². The van der Waals surface area contributed by atoms with Gasteiger partial charge in [0.05, 0.1) is 0 Å². The van der Waals surface area contributed by atoms with Gasteiger partial charge in [-0.1, -0.05) is 31.2 Å². The monoisotopic (exact) mass is 201 g/mol. The van der Waals surface area contributed by atoms with Crippen molar-refractivity contribution in [2.45, 2.75) is 25.1 Å². The molecular weight excluding hydrogens is 186 g/mol. The van der Waals surface area contributed by atoms with E-state index in [2.05, 4.69) is 47.3 Å². The molecule has 1 nitrogen and oxygen atoms in total. The number of rotatable bonds is 1. The molecule has 0 unspecified atom stereocenters. The summed E-state index contributed by atoms with van der Waals surface area (Å²) in [6.45, 7) is 2.50. The number of benzene rings is 1. The summed E-state index contributed by atoms with van der Waals surface area (Å²) in [5.41, 5.74) is 1.45. The van der Waals surface area contributed by atoms with Gasteiger partial charge in [0.15, 0.2) is 8.24 Å². The fraction of sp³-hybridized carbons (Fsp3) is 0.333. The van der Waals surface area contributed by atoms with Crippen LogP contribution in [0.4, 0.5) is 0 Å². The zero-order valence-corrected chi connectivity index (χ0v) is 9.53. The Bertz CT molecular complexity index is 468. The molecule has 0 radical (unpaired) electrons. The van der Waals surface area contributed by atoms with Gasteiger partial charge in [0, 0.05) is 5.52 Å². The smallest absolute Gasteiger partial charge is 0.158 e. The summed E-state index contributed by atoms with van der Waals surface area (Å²) in [5.74, 6) is 0. The zero-order valence-electron chi connectivity index (χ0n) is 8.53. The van der Waals surface area contributed by atoms with E-state index in [0.29, 0.717) is 0 Å². The van der Waals surface area contributed by atoms with Gasteiger partial charge in [-0.05, 0) is 35.8 Å². The van der Waals surface area contributed by atoms with Crippen molar-refractivity contribution in [1.29, 1.82) is 0 Å². The van der Waals surface area contributed by atoms with Crippen molar-refractivity contribution in [2.24, 2.45) is 0 Å². The predicted molar refractivity (Wildman–Crippen MR) is 63.2 cm³/mol. The first-order chi connectivity index (χ1) is 6.80. The topological polar surface area (TPSA) is 4.93 Å². The van der Waals surface area contributed by atoms with Crippen LogP contribution in [-0.2, 0) is 0 Å². The Labute approximate surface area is 85.4 Å². The molecule has 2 heterocycles. The summed E-state index contributed by atoms with van der Waals surface area (Å²) in [7, 11) is -1.07. The van der Waals surface area contributed by atoms with Crippen LogP contribution in [0.5, 0.6) is 0 Å². The van der Waals surface area contributed by atoms with E-state index in [-0.39, 0.29) is 0 Å². The summed E-state index contributed by atoms with van der Waals surface area (Å²) in [6.07, 6.45) is 3.74. The second-order valence-electron chi connectivity index (χ2n) is 4.60. The first kappa shape index (κ1) is 8.30.